The average molecular weight is 323 g/mol. The van der Waals surface area contributed by atoms with Gasteiger partial charge in [-0.2, -0.15) is 0 Å². The molecule has 0 saturated carbocycles. The molecule has 1 heterocycles. The lowest BCUT2D eigenvalue weighted by Crippen LogP contribution is -2.04. The van der Waals surface area contributed by atoms with E-state index in [9.17, 15) is 8.42 Å². The second kappa shape index (κ2) is 6.91. The van der Waals surface area contributed by atoms with Crippen molar-refractivity contribution in [3.05, 3.63) is 36.5 Å². The molecule has 2 rings (SSSR count). The molecule has 0 bridgehead atoms. The maximum absolute atomic E-state index is 11.4. The molecular formula is C14H17N3O2S2. The maximum Gasteiger partial charge on any atom is 0.223 e. The van der Waals surface area contributed by atoms with E-state index in [-0.39, 0.29) is 0 Å². The SMILES string of the molecule is CCCNc1nccc(Sc2ccc(S(C)(=O)=O)cc2)n1. The van der Waals surface area contributed by atoms with E-state index in [4.69, 9.17) is 0 Å². The van der Waals surface area contributed by atoms with E-state index in [1.165, 1.54) is 18.0 Å². The number of hydrogen-bond acceptors (Lipinski definition) is 6. The summed E-state index contributed by atoms with van der Waals surface area (Å²) in [5.41, 5.74) is 0. The fraction of sp³-hybridized carbons (Fsp3) is 0.286. The molecule has 1 N–H and O–H groups in total. The minimum Gasteiger partial charge on any atom is -0.354 e. The summed E-state index contributed by atoms with van der Waals surface area (Å²) < 4.78 is 22.8. The largest absolute Gasteiger partial charge is 0.354 e. The van der Waals surface area contributed by atoms with Crippen molar-refractivity contribution in [3.63, 3.8) is 0 Å². The van der Waals surface area contributed by atoms with E-state index in [2.05, 4.69) is 22.2 Å². The number of nitrogens with one attached hydrogen (secondary N) is 1. The Morgan fingerprint density at radius 2 is 1.90 bits per heavy atom. The summed E-state index contributed by atoms with van der Waals surface area (Å²) in [5.74, 6) is 0.606. The van der Waals surface area contributed by atoms with Crippen molar-refractivity contribution in [2.45, 2.75) is 28.2 Å². The van der Waals surface area contributed by atoms with Gasteiger partial charge in [0.15, 0.2) is 9.84 Å². The second-order valence-electron chi connectivity index (χ2n) is 4.49. The third-order valence-electron chi connectivity index (χ3n) is 2.64. The highest BCUT2D eigenvalue weighted by Gasteiger charge is 2.07. The van der Waals surface area contributed by atoms with Crippen molar-refractivity contribution < 1.29 is 8.42 Å². The molecule has 0 saturated heterocycles. The topological polar surface area (TPSA) is 72.0 Å². The highest BCUT2D eigenvalue weighted by Crippen LogP contribution is 2.27. The molecule has 0 unspecified atom stereocenters. The van der Waals surface area contributed by atoms with E-state index in [1.54, 1.807) is 30.5 Å². The van der Waals surface area contributed by atoms with Crippen molar-refractivity contribution in [2.75, 3.05) is 18.1 Å². The van der Waals surface area contributed by atoms with Crippen LogP contribution in [0.25, 0.3) is 0 Å². The lowest BCUT2D eigenvalue weighted by molar-refractivity contribution is 0.602. The van der Waals surface area contributed by atoms with Crippen LogP contribution >= 0.6 is 11.8 Å². The van der Waals surface area contributed by atoms with Gasteiger partial charge in [-0.1, -0.05) is 18.7 Å². The van der Waals surface area contributed by atoms with Gasteiger partial charge in [-0.05, 0) is 36.8 Å². The fourth-order valence-electron chi connectivity index (χ4n) is 1.60. The van der Waals surface area contributed by atoms with E-state index in [0.717, 1.165) is 22.9 Å². The summed E-state index contributed by atoms with van der Waals surface area (Å²) in [5, 5.41) is 3.95. The van der Waals surface area contributed by atoms with Crippen LogP contribution in [0, 0.1) is 0 Å². The predicted molar refractivity (Wildman–Crippen MR) is 84.5 cm³/mol. The summed E-state index contributed by atoms with van der Waals surface area (Å²) in [6, 6.07) is 8.60. The molecule has 0 fully saturated rings. The van der Waals surface area contributed by atoms with Crippen LogP contribution in [0.4, 0.5) is 5.95 Å². The molecule has 5 nitrogen and oxygen atoms in total. The third-order valence-corrected chi connectivity index (χ3v) is 4.71. The summed E-state index contributed by atoms with van der Waals surface area (Å²) in [6.45, 7) is 2.91. The van der Waals surface area contributed by atoms with Gasteiger partial charge in [0.1, 0.15) is 5.03 Å². The van der Waals surface area contributed by atoms with Crippen molar-refractivity contribution in [1.29, 1.82) is 0 Å². The molecule has 0 amide bonds. The lowest BCUT2D eigenvalue weighted by Gasteiger charge is -2.05. The van der Waals surface area contributed by atoms with Crippen LogP contribution in [-0.2, 0) is 9.84 Å². The molecule has 0 aliphatic heterocycles. The number of aromatic nitrogens is 2. The van der Waals surface area contributed by atoms with Gasteiger partial charge in [-0.25, -0.2) is 18.4 Å². The van der Waals surface area contributed by atoms with Crippen molar-refractivity contribution in [1.82, 2.24) is 9.97 Å². The van der Waals surface area contributed by atoms with E-state index < -0.39 is 9.84 Å². The van der Waals surface area contributed by atoms with Gasteiger partial charge in [0.05, 0.1) is 4.90 Å². The summed E-state index contributed by atoms with van der Waals surface area (Å²) in [4.78, 5) is 9.80. The Kier molecular flexibility index (Phi) is 5.19. The fourth-order valence-corrected chi connectivity index (χ4v) is 3.00. The molecule has 2 aromatic rings. The zero-order chi connectivity index (χ0) is 15.3. The molecular weight excluding hydrogens is 306 g/mol. The molecule has 0 aliphatic carbocycles. The van der Waals surface area contributed by atoms with Crippen molar-refractivity contribution in [2.24, 2.45) is 0 Å². The number of anilines is 1. The van der Waals surface area contributed by atoms with Gasteiger partial charge in [0, 0.05) is 23.9 Å². The minimum absolute atomic E-state index is 0.319. The van der Waals surface area contributed by atoms with Crippen molar-refractivity contribution in [3.8, 4) is 0 Å². The molecule has 1 aromatic heterocycles. The normalized spacial score (nSPS) is 11.3. The Morgan fingerprint density at radius 3 is 2.52 bits per heavy atom. The van der Waals surface area contributed by atoms with Crippen LogP contribution in [0.2, 0.25) is 0 Å². The Bertz CT molecular complexity index is 700. The molecule has 7 heteroatoms. The lowest BCUT2D eigenvalue weighted by atomic mass is 10.4. The van der Waals surface area contributed by atoms with Crippen LogP contribution < -0.4 is 5.32 Å². The average Bonchev–Trinajstić information content (AvgIpc) is 2.45. The Hall–Kier alpha value is -1.60. The quantitative estimate of drug-likeness (QED) is 0.824. The van der Waals surface area contributed by atoms with Gasteiger partial charge < -0.3 is 5.32 Å². The number of rotatable bonds is 6. The first-order valence-electron chi connectivity index (χ1n) is 6.54. The monoisotopic (exact) mass is 323 g/mol. The molecule has 112 valence electrons. The molecule has 0 spiro atoms. The number of nitrogens with zero attached hydrogens (tertiary/aromatic N) is 2. The molecule has 0 radical (unpaired) electrons. The van der Waals surface area contributed by atoms with Gasteiger partial charge in [-0.15, -0.1) is 0 Å². The summed E-state index contributed by atoms with van der Waals surface area (Å²) in [7, 11) is -3.15. The summed E-state index contributed by atoms with van der Waals surface area (Å²) >= 11 is 1.47. The smallest absolute Gasteiger partial charge is 0.223 e. The molecule has 21 heavy (non-hydrogen) atoms. The van der Waals surface area contributed by atoms with Gasteiger partial charge in [-0.3, -0.25) is 0 Å². The standard InChI is InChI=1S/C14H17N3O2S2/c1-3-9-15-14-16-10-8-13(17-14)20-11-4-6-12(7-5-11)21(2,18)19/h4-8,10H,3,9H2,1-2H3,(H,15,16,17). The van der Waals surface area contributed by atoms with E-state index in [1.807, 2.05) is 6.07 Å². The van der Waals surface area contributed by atoms with Gasteiger partial charge in [0.2, 0.25) is 5.95 Å². The van der Waals surface area contributed by atoms with E-state index >= 15 is 0 Å². The highest BCUT2D eigenvalue weighted by atomic mass is 32.2. The molecule has 0 aliphatic rings. The Morgan fingerprint density at radius 1 is 1.19 bits per heavy atom. The van der Waals surface area contributed by atoms with Crippen LogP contribution in [-0.4, -0.2) is 31.2 Å². The zero-order valence-electron chi connectivity index (χ0n) is 11.9. The van der Waals surface area contributed by atoms with Crippen LogP contribution in [0.15, 0.2) is 51.3 Å². The molecule has 0 atom stereocenters. The highest BCUT2D eigenvalue weighted by molar-refractivity contribution is 7.99. The Labute approximate surface area is 129 Å². The zero-order valence-corrected chi connectivity index (χ0v) is 13.5. The maximum atomic E-state index is 11.4. The second-order valence-corrected chi connectivity index (χ2v) is 7.60. The third kappa shape index (κ3) is 4.71. The number of sulfone groups is 1. The van der Waals surface area contributed by atoms with Crippen LogP contribution in [0.5, 0.6) is 0 Å². The van der Waals surface area contributed by atoms with Crippen molar-refractivity contribution >= 4 is 27.5 Å². The predicted octanol–water partition coefficient (Wildman–Crippen LogP) is 2.85. The number of hydrogen-bond donors (Lipinski definition) is 1. The summed E-state index contributed by atoms with van der Waals surface area (Å²) in [6.07, 6.45) is 3.91. The van der Waals surface area contributed by atoms with Gasteiger partial charge >= 0.3 is 0 Å². The first-order chi connectivity index (χ1) is 9.99. The van der Waals surface area contributed by atoms with Crippen LogP contribution in [0.1, 0.15) is 13.3 Å². The van der Waals surface area contributed by atoms with Crippen LogP contribution in [0.3, 0.4) is 0 Å². The molecule has 1 aromatic carbocycles. The van der Waals surface area contributed by atoms with E-state index in [0.29, 0.717) is 10.8 Å². The first-order valence-corrected chi connectivity index (χ1v) is 9.24. The Balaban J connectivity index is 2.11. The minimum atomic E-state index is -3.15. The first kappa shape index (κ1) is 15.8. The number of benzene rings is 1. The van der Waals surface area contributed by atoms with Gasteiger partial charge in [0.25, 0.3) is 0 Å².